The smallest absolute Gasteiger partial charge is 0.245 e. The van der Waals surface area contributed by atoms with Gasteiger partial charge in [-0.1, -0.05) is 28.1 Å². The molecule has 0 bridgehead atoms. The molecule has 1 heterocycles. The van der Waals surface area contributed by atoms with E-state index in [9.17, 15) is 4.79 Å². The second-order valence-corrected chi connectivity index (χ2v) is 5.62. The van der Waals surface area contributed by atoms with Gasteiger partial charge in [-0.15, -0.1) is 0 Å². The van der Waals surface area contributed by atoms with E-state index in [1.165, 1.54) is 0 Å². The van der Waals surface area contributed by atoms with Gasteiger partial charge in [-0.3, -0.25) is 4.79 Å². The number of ether oxygens (including phenoxy) is 2. The topological polar surface area (TPSA) is 59.9 Å². The summed E-state index contributed by atoms with van der Waals surface area (Å²) in [5.41, 5.74) is 3.38. The van der Waals surface area contributed by atoms with Crippen molar-refractivity contribution in [3.05, 3.63) is 34.3 Å². The van der Waals surface area contributed by atoms with Crippen LogP contribution in [-0.4, -0.2) is 31.1 Å². The van der Waals surface area contributed by atoms with E-state index in [4.69, 9.17) is 9.47 Å². The highest BCUT2D eigenvalue weighted by molar-refractivity contribution is 9.10. The number of benzene rings is 1. The van der Waals surface area contributed by atoms with Crippen LogP contribution in [-0.2, 0) is 14.3 Å². The molecule has 1 aromatic carbocycles. The largest absolute Gasteiger partial charge is 0.350 e. The molecule has 5 nitrogen and oxygen atoms in total. The molecule has 108 valence electrons. The number of hydrogen-bond donors (Lipinski definition) is 1. The Morgan fingerprint density at radius 2 is 2.25 bits per heavy atom. The van der Waals surface area contributed by atoms with Crippen molar-refractivity contribution in [3.63, 3.8) is 0 Å². The van der Waals surface area contributed by atoms with Crippen LogP contribution < -0.4 is 5.43 Å². The van der Waals surface area contributed by atoms with Gasteiger partial charge in [0.2, 0.25) is 5.91 Å². The Bertz CT molecular complexity index is 499. The zero-order valence-electron chi connectivity index (χ0n) is 11.3. The van der Waals surface area contributed by atoms with Crippen molar-refractivity contribution in [2.75, 3.05) is 13.2 Å². The first-order valence-corrected chi connectivity index (χ1v) is 7.22. The van der Waals surface area contributed by atoms with Crippen LogP contribution in [0.2, 0.25) is 0 Å². The molecule has 1 aliphatic rings. The van der Waals surface area contributed by atoms with Gasteiger partial charge in [0.1, 0.15) is 0 Å². The third kappa shape index (κ3) is 4.70. The van der Waals surface area contributed by atoms with Gasteiger partial charge in [0.15, 0.2) is 5.79 Å². The van der Waals surface area contributed by atoms with Crippen molar-refractivity contribution >= 4 is 28.1 Å². The molecule has 1 aliphatic heterocycles. The van der Waals surface area contributed by atoms with Crippen molar-refractivity contribution in [1.29, 1.82) is 0 Å². The average molecular weight is 341 g/mol. The van der Waals surface area contributed by atoms with Crippen LogP contribution in [0.25, 0.3) is 0 Å². The Balaban J connectivity index is 1.83. The maximum absolute atomic E-state index is 11.8. The van der Waals surface area contributed by atoms with Gasteiger partial charge < -0.3 is 9.47 Å². The van der Waals surface area contributed by atoms with Crippen molar-refractivity contribution in [1.82, 2.24) is 5.43 Å². The first-order chi connectivity index (χ1) is 9.57. The molecule has 0 unspecified atom stereocenters. The number of rotatable bonds is 4. The Morgan fingerprint density at radius 1 is 1.50 bits per heavy atom. The van der Waals surface area contributed by atoms with E-state index < -0.39 is 5.79 Å². The molecule has 1 fully saturated rings. The molecule has 0 aromatic heterocycles. The Kier molecular flexibility index (Phi) is 5.28. The number of carbonyl (C=O) groups excluding carboxylic acids is 1. The van der Waals surface area contributed by atoms with Crippen LogP contribution in [0.3, 0.4) is 0 Å². The maximum Gasteiger partial charge on any atom is 0.245 e. The summed E-state index contributed by atoms with van der Waals surface area (Å²) in [5, 5.41) is 3.92. The van der Waals surface area contributed by atoms with Gasteiger partial charge in [0.05, 0.1) is 25.8 Å². The molecule has 0 atom stereocenters. The zero-order valence-corrected chi connectivity index (χ0v) is 12.9. The summed E-state index contributed by atoms with van der Waals surface area (Å²) in [7, 11) is 0. The van der Waals surface area contributed by atoms with Gasteiger partial charge in [-0.25, -0.2) is 5.43 Å². The molecule has 1 amide bonds. The average Bonchev–Trinajstić information content (AvgIpc) is 2.39. The van der Waals surface area contributed by atoms with Crippen LogP contribution in [0, 0.1) is 0 Å². The van der Waals surface area contributed by atoms with Crippen LogP contribution in [0.1, 0.15) is 25.3 Å². The van der Waals surface area contributed by atoms with Gasteiger partial charge in [0.25, 0.3) is 0 Å². The van der Waals surface area contributed by atoms with Gasteiger partial charge in [-0.05, 0) is 31.0 Å². The number of hydrazone groups is 1. The number of amides is 1. The van der Waals surface area contributed by atoms with Gasteiger partial charge >= 0.3 is 0 Å². The van der Waals surface area contributed by atoms with E-state index >= 15 is 0 Å². The quantitative estimate of drug-likeness (QED) is 0.676. The predicted molar refractivity (Wildman–Crippen MR) is 79.4 cm³/mol. The predicted octanol–water partition coefficient (Wildman–Crippen LogP) is 2.44. The summed E-state index contributed by atoms with van der Waals surface area (Å²) in [4.78, 5) is 11.8. The molecular weight excluding hydrogens is 324 g/mol. The van der Waals surface area contributed by atoms with E-state index in [-0.39, 0.29) is 12.3 Å². The summed E-state index contributed by atoms with van der Waals surface area (Å²) >= 11 is 3.37. The van der Waals surface area contributed by atoms with Gasteiger partial charge in [0, 0.05) is 4.47 Å². The summed E-state index contributed by atoms with van der Waals surface area (Å²) in [5.74, 6) is -1.08. The molecule has 1 N–H and O–H groups in total. The number of nitrogens with one attached hydrogen (secondary N) is 1. The standard InChI is InChI=1S/C14H17BrN2O3/c1-14(19-6-3-7-20-14)9-13(18)17-16-10-11-4-2-5-12(15)8-11/h2,4-5,8,10H,3,6-7,9H2,1H3,(H,17,18)/b16-10-. The van der Waals surface area contributed by atoms with Crippen LogP contribution in [0.4, 0.5) is 0 Å². The highest BCUT2D eigenvalue weighted by Crippen LogP contribution is 2.21. The van der Waals surface area contributed by atoms with E-state index in [0.717, 1.165) is 16.5 Å². The fourth-order valence-corrected chi connectivity index (χ4v) is 2.29. The second kappa shape index (κ2) is 6.97. The van der Waals surface area contributed by atoms with Crippen LogP contribution in [0.5, 0.6) is 0 Å². The minimum absolute atomic E-state index is 0.128. The number of carbonyl (C=O) groups is 1. The monoisotopic (exact) mass is 340 g/mol. The lowest BCUT2D eigenvalue weighted by Crippen LogP contribution is -2.41. The van der Waals surface area contributed by atoms with E-state index in [2.05, 4.69) is 26.5 Å². The zero-order chi connectivity index (χ0) is 14.4. The lowest BCUT2D eigenvalue weighted by atomic mass is 10.2. The van der Waals surface area contributed by atoms with E-state index in [1.807, 2.05) is 24.3 Å². The first-order valence-electron chi connectivity index (χ1n) is 6.43. The minimum atomic E-state index is -0.840. The number of hydrogen-bond acceptors (Lipinski definition) is 4. The molecule has 2 rings (SSSR count). The van der Waals surface area contributed by atoms with E-state index in [1.54, 1.807) is 13.1 Å². The Morgan fingerprint density at radius 3 is 2.95 bits per heavy atom. The lowest BCUT2D eigenvalue weighted by Gasteiger charge is -2.33. The number of nitrogens with zero attached hydrogens (tertiary/aromatic N) is 1. The highest BCUT2D eigenvalue weighted by Gasteiger charge is 2.31. The van der Waals surface area contributed by atoms with E-state index in [0.29, 0.717) is 13.2 Å². The Labute approximate surface area is 126 Å². The first kappa shape index (κ1) is 15.2. The normalized spacial score (nSPS) is 18.1. The summed E-state index contributed by atoms with van der Waals surface area (Å²) in [6.45, 7) is 3.00. The fourth-order valence-electron chi connectivity index (χ4n) is 1.88. The molecular formula is C14H17BrN2O3. The summed E-state index contributed by atoms with van der Waals surface area (Å²) in [6, 6.07) is 7.63. The highest BCUT2D eigenvalue weighted by atomic mass is 79.9. The minimum Gasteiger partial charge on any atom is -0.350 e. The third-order valence-corrected chi connectivity index (χ3v) is 3.33. The van der Waals surface area contributed by atoms with Gasteiger partial charge in [-0.2, -0.15) is 5.10 Å². The molecule has 1 aromatic rings. The molecule has 0 spiro atoms. The second-order valence-electron chi connectivity index (χ2n) is 4.71. The number of halogens is 1. The van der Waals surface area contributed by atoms with Crippen LogP contribution in [0.15, 0.2) is 33.8 Å². The summed E-state index contributed by atoms with van der Waals surface area (Å²) in [6.07, 6.45) is 2.58. The third-order valence-electron chi connectivity index (χ3n) is 2.84. The van der Waals surface area contributed by atoms with Crippen molar-refractivity contribution in [2.45, 2.75) is 25.6 Å². The maximum atomic E-state index is 11.8. The molecule has 20 heavy (non-hydrogen) atoms. The molecule has 1 saturated heterocycles. The molecule has 0 saturated carbocycles. The molecule has 0 aliphatic carbocycles. The lowest BCUT2D eigenvalue weighted by molar-refractivity contribution is -0.256. The van der Waals surface area contributed by atoms with Crippen LogP contribution >= 0.6 is 15.9 Å². The fraction of sp³-hybridized carbons (Fsp3) is 0.429. The molecule has 6 heteroatoms. The van der Waals surface area contributed by atoms with Crippen molar-refractivity contribution in [3.8, 4) is 0 Å². The van der Waals surface area contributed by atoms with Crippen molar-refractivity contribution in [2.24, 2.45) is 5.10 Å². The molecule has 0 radical (unpaired) electrons. The SMILES string of the molecule is CC1(CC(=O)N/N=C\c2cccc(Br)c2)OCCCO1. The Hall–Kier alpha value is -1.24. The van der Waals surface area contributed by atoms with Crippen molar-refractivity contribution < 1.29 is 14.3 Å². The summed E-state index contributed by atoms with van der Waals surface area (Å²) < 4.78 is 11.9.